The number of carbonyl (C=O) groups excluding carboxylic acids is 2. The van der Waals surface area contributed by atoms with E-state index in [1.54, 1.807) is 12.2 Å². The van der Waals surface area contributed by atoms with Gasteiger partial charge in [0, 0.05) is 0 Å². The maximum atomic E-state index is 10.2. The third kappa shape index (κ3) is 2.38. The molecule has 0 radical (unpaired) electrons. The number of rotatable bonds is 2. The van der Waals surface area contributed by atoms with Crippen LogP contribution in [0.3, 0.4) is 0 Å². The highest BCUT2D eigenvalue weighted by atomic mass is 16.1. The molecule has 14 heavy (non-hydrogen) atoms. The average molecular weight is 194 g/mol. The van der Waals surface area contributed by atoms with E-state index < -0.39 is 0 Å². The van der Waals surface area contributed by atoms with E-state index in [0.29, 0.717) is 0 Å². The molecule has 76 valence electrons. The molecule has 0 aliphatic heterocycles. The third-order valence-electron chi connectivity index (χ3n) is 2.93. The van der Waals surface area contributed by atoms with E-state index >= 15 is 0 Å². The Kier molecular flexibility index (Phi) is 3.34. The highest BCUT2D eigenvalue weighted by molar-refractivity contribution is 5.35. The van der Waals surface area contributed by atoms with Crippen molar-refractivity contribution in [3.05, 3.63) is 0 Å². The minimum atomic E-state index is -0.309. The fourth-order valence-corrected chi connectivity index (χ4v) is 2.15. The fraction of sp³-hybridized carbons (Fsp3) is 0.800. The summed E-state index contributed by atoms with van der Waals surface area (Å²) in [5.41, 5.74) is -0.309. The van der Waals surface area contributed by atoms with Crippen molar-refractivity contribution < 1.29 is 9.59 Å². The van der Waals surface area contributed by atoms with E-state index in [-0.39, 0.29) is 17.5 Å². The van der Waals surface area contributed by atoms with Gasteiger partial charge in [0.25, 0.3) is 0 Å². The quantitative estimate of drug-likeness (QED) is 0.495. The van der Waals surface area contributed by atoms with Crippen LogP contribution in [0.15, 0.2) is 9.98 Å². The number of hydrogen-bond donors (Lipinski definition) is 0. The molecule has 1 aliphatic rings. The van der Waals surface area contributed by atoms with Gasteiger partial charge in [0.05, 0.1) is 11.6 Å². The molecular formula is C10H14N2O2. The molecule has 4 nitrogen and oxygen atoms in total. The van der Waals surface area contributed by atoms with Gasteiger partial charge in [0.15, 0.2) is 0 Å². The number of nitrogens with zero attached hydrogens (tertiary/aromatic N) is 2. The van der Waals surface area contributed by atoms with Crippen molar-refractivity contribution in [1.29, 1.82) is 0 Å². The van der Waals surface area contributed by atoms with Crippen LogP contribution in [-0.4, -0.2) is 23.7 Å². The Balaban J connectivity index is 2.71. The molecule has 0 heterocycles. The Morgan fingerprint density at radius 2 is 2.07 bits per heavy atom. The first-order chi connectivity index (χ1) is 6.61. The molecule has 1 aliphatic carbocycles. The third-order valence-corrected chi connectivity index (χ3v) is 2.93. The first kappa shape index (κ1) is 10.8. The molecule has 0 aromatic carbocycles. The number of isocyanates is 2. The predicted molar refractivity (Wildman–Crippen MR) is 51.5 cm³/mol. The van der Waals surface area contributed by atoms with E-state index in [1.165, 1.54) is 0 Å². The second-order valence-electron chi connectivity index (χ2n) is 4.21. The van der Waals surface area contributed by atoms with Crippen LogP contribution in [0, 0.1) is 5.92 Å². The molecule has 0 bridgehead atoms. The lowest BCUT2D eigenvalue weighted by Crippen LogP contribution is -2.36. The molecule has 0 spiro atoms. The van der Waals surface area contributed by atoms with Crippen molar-refractivity contribution in [2.75, 3.05) is 0 Å². The minimum absolute atomic E-state index is 0.0439. The van der Waals surface area contributed by atoms with Crippen LogP contribution in [0.1, 0.15) is 33.1 Å². The number of hydrogen-bond acceptors (Lipinski definition) is 4. The van der Waals surface area contributed by atoms with Crippen LogP contribution in [-0.2, 0) is 9.59 Å². The fourth-order valence-electron chi connectivity index (χ4n) is 2.15. The summed E-state index contributed by atoms with van der Waals surface area (Å²) in [6.07, 6.45) is 5.55. The molecule has 1 fully saturated rings. The summed E-state index contributed by atoms with van der Waals surface area (Å²) in [5.74, 6) is 0.271. The number of aliphatic imine (C=N–C) groups is 2. The van der Waals surface area contributed by atoms with Crippen molar-refractivity contribution >= 4 is 12.2 Å². The van der Waals surface area contributed by atoms with Crippen LogP contribution >= 0.6 is 0 Å². The summed E-state index contributed by atoms with van der Waals surface area (Å²) in [4.78, 5) is 27.9. The van der Waals surface area contributed by atoms with Crippen molar-refractivity contribution in [2.24, 2.45) is 15.9 Å². The SMILES string of the molecule is CC1CC(C)(N=C=O)CCC1N=C=O. The normalized spacial score (nSPS) is 36.7. The van der Waals surface area contributed by atoms with Crippen molar-refractivity contribution in [3.8, 4) is 0 Å². The Morgan fingerprint density at radius 3 is 2.57 bits per heavy atom. The van der Waals surface area contributed by atoms with Gasteiger partial charge in [-0.1, -0.05) is 6.92 Å². The summed E-state index contributed by atoms with van der Waals surface area (Å²) < 4.78 is 0. The monoisotopic (exact) mass is 194 g/mol. The van der Waals surface area contributed by atoms with Crippen molar-refractivity contribution in [3.63, 3.8) is 0 Å². The van der Waals surface area contributed by atoms with E-state index in [9.17, 15) is 9.59 Å². The highest BCUT2D eigenvalue weighted by Gasteiger charge is 2.35. The van der Waals surface area contributed by atoms with Crippen molar-refractivity contribution in [1.82, 2.24) is 0 Å². The Bertz CT molecular complexity index is 303. The maximum Gasteiger partial charge on any atom is 0.235 e. The lowest BCUT2D eigenvalue weighted by Gasteiger charge is -2.35. The largest absolute Gasteiger partial charge is 0.235 e. The second kappa shape index (κ2) is 4.32. The predicted octanol–water partition coefficient (Wildman–Crippen LogP) is 1.61. The van der Waals surface area contributed by atoms with E-state index in [4.69, 9.17) is 0 Å². The van der Waals surface area contributed by atoms with Crippen LogP contribution in [0.2, 0.25) is 0 Å². The molecular weight excluding hydrogens is 180 g/mol. The van der Waals surface area contributed by atoms with E-state index in [0.717, 1.165) is 19.3 Å². The Labute approximate surface area is 83.1 Å². The molecule has 3 unspecified atom stereocenters. The molecule has 4 heteroatoms. The first-order valence-electron chi connectivity index (χ1n) is 4.77. The summed E-state index contributed by atoms with van der Waals surface area (Å²) in [5, 5.41) is 0. The molecule has 0 aromatic rings. The van der Waals surface area contributed by atoms with Crippen LogP contribution in [0.4, 0.5) is 0 Å². The Morgan fingerprint density at radius 1 is 1.36 bits per heavy atom. The van der Waals surface area contributed by atoms with Crippen LogP contribution < -0.4 is 0 Å². The molecule has 1 saturated carbocycles. The van der Waals surface area contributed by atoms with Gasteiger partial charge >= 0.3 is 0 Å². The highest BCUT2D eigenvalue weighted by Crippen LogP contribution is 2.36. The first-order valence-corrected chi connectivity index (χ1v) is 4.77. The lowest BCUT2D eigenvalue weighted by atomic mass is 9.75. The van der Waals surface area contributed by atoms with Gasteiger partial charge in [-0.25, -0.2) is 14.6 Å². The molecule has 0 N–H and O–H groups in total. The zero-order chi connectivity index (χ0) is 10.6. The molecule has 3 atom stereocenters. The molecule has 0 aromatic heterocycles. The summed E-state index contributed by atoms with van der Waals surface area (Å²) >= 11 is 0. The second-order valence-corrected chi connectivity index (χ2v) is 4.21. The van der Waals surface area contributed by atoms with Gasteiger partial charge in [-0.3, -0.25) is 0 Å². The van der Waals surface area contributed by atoms with Gasteiger partial charge in [0.2, 0.25) is 12.2 Å². The topological polar surface area (TPSA) is 58.9 Å². The minimum Gasteiger partial charge on any atom is -0.211 e. The van der Waals surface area contributed by atoms with E-state index in [2.05, 4.69) is 9.98 Å². The lowest BCUT2D eigenvalue weighted by molar-refractivity contribution is 0.229. The molecule has 0 saturated heterocycles. The van der Waals surface area contributed by atoms with Gasteiger partial charge < -0.3 is 0 Å². The van der Waals surface area contributed by atoms with E-state index in [1.807, 2.05) is 13.8 Å². The maximum absolute atomic E-state index is 10.2. The summed E-state index contributed by atoms with van der Waals surface area (Å²) in [6.45, 7) is 3.96. The van der Waals surface area contributed by atoms with Gasteiger partial charge in [-0.2, -0.15) is 4.99 Å². The zero-order valence-electron chi connectivity index (χ0n) is 8.49. The molecule has 1 rings (SSSR count). The Hall–Kier alpha value is -1.24. The van der Waals surface area contributed by atoms with Crippen molar-refractivity contribution in [2.45, 2.75) is 44.7 Å². The standard InChI is InChI=1S/C10H14N2O2/c1-8-5-10(2,12-7-14)4-3-9(8)11-6-13/h8-9H,3-5H2,1-2H3. The average Bonchev–Trinajstić information content (AvgIpc) is 2.10. The molecule has 0 amide bonds. The van der Waals surface area contributed by atoms with Gasteiger partial charge in [-0.15, -0.1) is 0 Å². The van der Waals surface area contributed by atoms with Gasteiger partial charge in [0.1, 0.15) is 0 Å². The zero-order valence-corrected chi connectivity index (χ0v) is 8.49. The van der Waals surface area contributed by atoms with Crippen LogP contribution in [0.5, 0.6) is 0 Å². The summed E-state index contributed by atoms with van der Waals surface area (Å²) in [7, 11) is 0. The van der Waals surface area contributed by atoms with Gasteiger partial charge in [-0.05, 0) is 32.1 Å². The smallest absolute Gasteiger partial charge is 0.211 e. The van der Waals surface area contributed by atoms with Crippen LogP contribution in [0.25, 0.3) is 0 Å². The summed E-state index contributed by atoms with van der Waals surface area (Å²) in [6, 6.07) is 0.0439.